The minimum Gasteiger partial charge on any atom is -0.496 e. The normalized spacial score (nSPS) is 12.9. The lowest BCUT2D eigenvalue weighted by Gasteiger charge is -2.31. The lowest BCUT2D eigenvalue weighted by Crippen LogP contribution is -2.43. The zero-order chi connectivity index (χ0) is 23.8. The van der Waals surface area contributed by atoms with Gasteiger partial charge in [0.25, 0.3) is 5.91 Å². The minimum atomic E-state index is -0.337. The highest BCUT2D eigenvalue weighted by Gasteiger charge is 2.34. The summed E-state index contributed by atoms with van der Waals surface area (Å²) in [6, 6.07) is 5.90. The summed E-state index contributed by atoms with van der Waals surface area (Å²) in [4.78, 5) is 15.2. The van der Waals surface area contributed by atoms with E-state index in [1.54, 1.807) is 37.5 Å². The van der Waals surface area contributed by atoms with Gasteiger partial charge in [0.15, 0.2) is 5.69 Å². The van der Waals surface area contributed by atoms with Crippen molar-refractivity contribution in [2.75, 3.05) is 27.9 Å². The van der Waals surface area contributed by atoms with Crippen molar-refractivity contribution in [3.63, 3.8) is 0 Å². The Kier molecular flexibility index (Phi) is 6.32. The Bertz CT molecular complexity index is 1190. The highest BCUT2D eigenvalue weighted by atomic mass is 32.1. The molecular formula is C25H29N3O4S. The van der Waals surface area contributed by atoms with E-state index in [0.29, 0.717) is 23.8 Å². The second-order valence-electron chi connectivity index (χ2n) is 8.84. The van der Waals surface area contributed by atoms with E-state index in [1.165, 1.54) is 0 Å². The molecule has 0 saturated heterocycles. The molecule has 8 heteroatoms. The monoisotopic (exact) mass is 467 g/mol. The molecule has 1 aliphatic rings. The Morgan fingerprint density at radius 2 is 2.12 bits per heavy atom. The average molecular weight is 468 g/mol. The summed E-state index contributed by atoms with van der Waals surface area (Å²) in [5.74, 6) is 1.27. The van der Waals surface area contributed by atoms with Gasteiger partial charge in [-0.05, 0) is 38.3 Å². The Labute approximate surface area is 198 Å². The number of aromatic nitrogens is 2. The first-order valence-electron chi connectivity index (χ1n) is 10.7. The molecule has 0 aliphatic carbocycles. The van der Waals surface area contributed by atoms with E-state index < -0.39 is 0 Å². The second-order valence-corrected chi connectivity index (χ2v) is 9.62. The van der Waals surface area contributed by atoms with E-state index in [0.717, 1.165) is 28.1 Å². The van der Waals surface area contributed by atoms with Crippen LogP contribution in [0.3, 0.4) is 0 Å². The van der Waals surface area contributed by atoms with Crippen LogP contribution >= 0.6 is 11.3 Å². The Morgan fingerprint density at radius 1 is 1.33 bits per heavy atom. The highest BCUT2D eigenvalue weighted by molar-refractivity contribution is 7.08. The molecule has 0 N–H and O–H groups in total. The zero-order valence-corrected chi connectivity index (χ0v) is 20.7. The van der Waals surface area contributed by atoms with Crippen LogP contribution < -0.4 is 9.47 Å². The van der Waals surface area contributed by atoms with Gasteiger partial charge in [0, 0.05) is 47.8 Å². The van der Waals surface area contributed by atoms with Gasteiger partial charge in [-0.15, -0.1) is 0 Å². The topological polar surface area (TPSA) is 65.8 Å². The van der Waals surface area contributed by atoms with Crippen molar-refractivity contribution >= 4 is 23.3 Å². The van der Waals surface area contributed by atoms with Crippen molar-refractivity contribution in [3.05, 3.63) is 51.9 Å². The number of ether oxygens (including phenoxy) is 3. The summed E-state index contributed by atoms with van der Waals surface area (Å²) in [6.07, 6.45) is 3.89. The largest absolute Gasteiger partial charge is 0.496 e. The molecule has 2 aromatic heterocycles. The van der Waals surface area contributed by atoms with Crippen molar-refractivity contribution in [2.45, 2.75) is 32.9 Å². The van der Waals surface area contributed by atoms with Crippen LogP contribution in [0.25, 0.3) is 23.0 Å². The van der Waals surface area contributed by atoms with Crippen LogP contribution in [0, 0.1) is 0 Å². The first-order valence-corrected chi connectivity index (χ1v) is 11.6. The molecule has 1 amide bonds. The van der Waals surface area contributed by atoms with Gasteiger partial charge in [-0.25, -0.2) is 4.68 Å². The quantitative estimate of drug-likeness (QED) is 0.509. The molecule has 7 nitrogen and oxygen atoms in total. The van der Waals surface area contributed by atoms with Gasteiger partial charge in [-0.1, -0.05) is 12.2 Å². The number of benzene rings is 1. The predicted octanol–water partition coefficient (Wildman–Crippen LogP) is 5.03. The number of hydrogen-bond donors (Lipinski definition) is 0. The van der Waals surface area contributed by atoms with E-state index in [4.69, 9.17) is 19.3 Å². The van der Waals surface area contributed by atoms with Crippen LogP contribution in [0.2, 0.25) is 0 Å². The van der Waals surface area contributed by atoms with Gasteiger partial charge in [0.1, 0.15) is 18.1 Å². The third-order valence-electron chi connectivity index (χ3n) is 5.77. The highest BCUT2D eigenvalue weighted by Crippen LogP contribution is 2.44. The van der Waals surface area contributed by atoms with E-state index in [9.17, 15) is 4.79 Å². The van der Waals surface area contributed by atoms with Crippen molar-refractivity contribution < 1.29 is 19.0 Å². The van der Waals surface area contributed by atoms with E-state index >= 15 is 0 Å². The maximum absolute atomic E-state index is 13.5. The zero-order valence-electron chi connectivity index (χ0n) is 19.8. The maximum Gasteiger partial charge on any atom is 0.274 e. The summed E-state index contributed by atoms with van der Waals surface area (Å²) in [5.41, 5.74) is 4.39. The SMILES string of the molecule is COCC=Cc1cc2c(cc1OC)OCc1c(C(=O)N(C)C(C)(C)C)nn(-c3ccsc3)c1-2. The fraction of sp³-hybridized carbons (Fsp3) is 0.360. The summed E-state index contributed by atoms with van der Waals surface area (Å²) >= 11 is 1.58. The van der Waals surface area contributed by atoms with Crippen LogP contribution in [0.5, 0.6) is 11.5 Å². The number of amides is 1. The molecule has 4 rings (SSSR count). The van der Waals surface area contributed by atoms with Crippen molar-refractivity contribution in [3.8, 4) is 28.4 Å². The van der Waals surface area contributed by atoms with Crippen LogP contribution in [0.4, 0.5) is 0 Å². The van der Waals surface area contributed by atoms with Crippen molar-refractivity contribution in [2.24, 2.45) is 0 Å². The fourth-order valence-electron chi connectivity index (χ4n) is 3.67. The number of thiophene rings is 1. The molecule has 0 bridgehead atoms. The summed E-state index contributed by atoms with van der Waals surface area (Å²) in [6.45, 7) is 6.76. The minimum absolute atomic E-state index is 0.131. The molecule has 0 spiro atoms. The Balaban J connectivity index is 1.92. The number of nitrogens with zero attached hydrogens (tertiary/aromatic N) is 3. The molecule has 0 saturated carbocycles. The second kappa shape index (κ2) is 9.03. The molecule has 0 atom stereocenters. The molecule has 174 valence electrons. The smallest absolute Gasteiger partial charge is 0.274 e. The van der Waals surface area contributed by atoms with E-state index in [2.05, 4.69) is 0 Å². The first-order chi connectivity index (χ1) is 15.8. The molecule has 0 unspecified atom stereocenters. The van der Waals surface area contributed by atoms with E-state index in [-0.39, 0.29) is 18.1 Å². The maximum atomic E-state index is 13.5. The molecule has 3 heterocycles. The molecule has 33 heavy (non-hydrogen) atoms. The van der Waals surface area contributed by atoms with Crippen LogP contribution in [0.1, 0.15) is 42.4 Å². The third-order valence-corrected chi connectivity index (χ3v) is 6.44. The lowest BCUT2D eigenvalue weighted by molar-refractivity contribution is 0.0646. The number of rotatable bonds is 6. The Morgan fingerprint density at radius 3 is 2.76 bits per heavy atom. The van der Waals surface area contributed by atoms with Gasteiger partial charge in [-0.2, -0.15) is 16.4 Å². The number of carbonyl (C=O) groups excluding carboxylic acids is 1. The number of carbonyl (C=O) groups is 1. The van der Waals surface area contributed by atoms with Crippen LogP contribution in [-0.2, 0) is 11.3 Å². The predicted molar refractivity (Wildman–Crippen MR) is 131 cm³/mol. The lowest BCUT2D eigenvalue weighted by atomic mass is 9.98. The molecule has 0 fully saturated rings. The summed E-state index contributed by atoms with van der Waals surface area (Å²) in [7, 11) is 5.10. The number of fused-ring (bicyclic) bond motifs is 3. The standard InChI is InChI=1S/C25H29N3O4S/c1-25(2,3)27(4)24(29)22-19-14-32-21-13-20(31-6)16(8-7-10-30-5)12-18(21)23(19)28(26-22)17-9-11-33-15-17/h7-9,11-13,15H,10,14H2,1-6H3. The Hall–Kier alpha value is -3.10. The van der Waals surface area contributed by atoms with Crippen molar-refractivity contribution in [1.82, 2.24) is 14.7 Å². The number of hydrogen-bond acceptors (Lipinski definition) is 6. The van der Waals surface area contributed by atoms with Gasteiger partial charge in [0.2, 0.25) is 0 Å². The summed E-state index contributed by atoms with van der Waals surface area (Å²) in [5, 5.41) is 8.82. The molecular weight excluding hydrogens is 438 g/mol. The van der Waals surface area contributed by atoms with Gasteiger partial charge in [-0.3, -0.25) is 4.79 Å². The van der Waals surface area contributed by atoms with Crippen molar-refractivity contribution in [1.29, 1.82) is 0 Å². The van der Waals surface area contributed by atoms with Gasteiger partial charge in [0.05, 0.1) is 25.1 Å². The van der Waals surface area contributed by atoms with Crippen LogP contribution in [0.15, 0.2) is 35.0 Å². The number of methoxy groups -OCH3 is 2. The molecule has 1 aliphatic heterocycles. The average Bonchev–Trinajstić information content (AvgIpc) is 3.45. The fourth-order valence-corrected chi connectivity index (χ4v) is 4.29. The van der Waals surface area contributed by atoms with Gasteiger partial charge < -0.3 is 19.1 Å². The first kappa shape index (κ1) is 23.1. The summed E-state index contributed by atoms with van der Waals surface area (Å²) < 4.78 is 18.7. The molecule has 1 aromatic carbocycles. The van der Waals surface area contributed by atoms with Crippen LogP contribution in [-0.4, -0.2) is 54.0 Å². The third kappa shape index (κ3) is 4.28. The molecule has 0 radical (unpaired) electrons. The van der Waals surface area contributed by atoms with E-state index in [1.807, 2.05) is 66.6 Å². The molecule has 3 aromatic rings. The van der Waals surface area contributed by atoms with Gasteiger partial charge >= 0.3 is 0 Å².